The van der Waals surface area contributed by atoms with Gasteiger partial charge in [0.05, 0.1) is 6.04 Å². The fourth-order valence-corrected chi connectivity index (χ4v) is 3.68. The number of carbonyl (C=O) groups excluding carboxylic acids is 1. The largest absolute Gasteiger partial charge is 0.309 e. The number of hydrogen-bond acceptors (Lipinski definition) is 4. The summed E-state index contributed by atoms with van der Waals surface area (Å²) < 4.78 is 1.98. The summed E-state index contributed by atoms with van der Waals surface area (Å²) in [4.78, 5) is 15.0. The molecule has 6 heteroatoms. The van der Waals surface area contributed by atoms with Gasteiger partial charge in [-0.15, -0.1) is 11.3 Å². The second-order valence-electron chi connectivity index (χ2n) is 5.57. The van der Waals surface area contributed by atoms with Crippen molar-refractivity contribution in [3.05, 3.63) is 34.2 Å². The zero-order valence-electron chi connectivity index (χ0n) is 12.4. The summed E-state index contributed by atoms with van der Waals surface area (Å²) in [5.74, 6) is 0.552. The zero-order valence-corrected chi connectivity index (χ0v) is 13.2. The van der Waals surface area contributed by atoms with Gasteiger partial charge in [-0.25, -0.2) is 0 Å². The second-order valence-corrected chi connectivity index (χ2v) is 6.57. The first-order valence-electron chi connectivity index (χ1n) is 7.20. The van der Waals surface area contributed by atoms with Gasteiger partial charge in [0.1, 0.15) is 0 Å². The van der Waals surface area contributed by atoms with E-state index in [1.54, 1.807) is 0 Å². The van der Waals surface area contributed by atoms with E-state index in [1.165, 1.54) is 17.4 Å². The first kappa shape index (κ1) is 14.3. The summed E-state index contributed by atoms with van der Waals surface area (Å²) in [6.45, 7) is 6.81. The average molecular weight is 304 g/mol. The second kappa shape index (κ2) is 5.99. The maximum absolute atomic E-state index is 11.0. The molecule has 0 radical (unpaired) electrons. The van der Waals surface area contributed by atoms with Crippen molar-refractivity contribution in [2.75, 3.05) is 18.4 Å². The Kier molecular flexibility index (Phi) is 4.07. The SMILES string of the molecule is CC(=O)Nc1ccn([C@@H]2CCN(Cc3sccc3C)C2)n1. The number of aryl methyl sites for hydroxylation is 1. The van der Waals surface area contributed by atoms with Gasteiger partial charge in [0.15, 0.2) is 5.82 Å². The maximum Gasteiger partial charge on any atom is 0.222 e. The number of anilines is 1. The number of carbonyl (C=O) groups is 1. The predicted octanol–water partition coefficient (Wildman–Crippen LogP) is 2.66. The summed E-state index contributed by atoms with van der Waals surface area (Å²) in [5.41, 5.74) is 1.38. The smallest absolute Gasteiger partial charge is 0.222 e. The lowest BCUT2D eigenvalue weighted by molar-refractivity contribution is -0.114. The van der Waals surface area contributed by atoms with Crippen LogP contribution in [-0.4, -0.2) is 33.7 Å². The zero-order chi connectivity index (χ0) is 14.8. The average Bonchev–Trinajstić information content (AvgIpc) is 3.12. The third kappa shape index (κ3) is 3.33. The molecule has 1 atom stereocenters. The van der Waals surface area contributed by atoms with Crippen LogP contribution in [0.3, 0.4) is 0 Å². The highest BCUT2D eigenvalue weighted by Gasteiger charge is 2.25. The number of thiophene rings is 1. The summed E-state index contributed by atoms with van der Waals surface area (Å²) in [7, 11) is 0. The Morgan fingerprint density at radius 2 is 2.38 bits per heavy atom. The molecule has 0 unspecified atom stereocenters. The molecule has 0 bridgehead atoms. The van der Waals surface area contributed by atoms with Crippen LogP contribution < -0.4 is 5.32 Å². The molecule has 2 aromatic rings. The molecule has 5 nitrogen and oxygen atoms in total. The van der Waals surface area contributed by atoms with Crippen molar-refractivity contribution in [2.45, 2.75) is 32.9 Å². The predicted molar refractivity (Wildman–Crippen MR) is 84.5 cm³/mol. The van der Waals surface area contributed by atoms with Gasteiger partial charge in [-0.2, -0.15) is 5.10 Å². The highest BCUT2D eigenvalue weighted by molar-refractivity contribution is 7.10. The molecule has 1 fully saturated rings. The van der Waals surface area contributed by atoms with E-state index < -0.39 is 0 Å². The number of rotatable bonds is 4. The monoisotopic (exact) mass is 304 g/mol. The number of hydrogen-bond donors (Lipinski definition) is 1. The van der Waals surface area contributed by atoms with Gasteiger partial charge in [0, 0.05) is 43.7 Å². The number of amides is 1. The van der Waals surface area contributed by atoms with Crippen LogP contribution in [0.5, 0.6) is 0 Å². The van der Waals surface area contributed by atoms with Gasteiger partial charge in [-0.05, 0) is 30.4 Å². The van der Waals surface area contributed by atoms with E-state index in [0.29, 0.717) is 11.9 Å². The molecular formula is C15H20N4OS. The number of nitrogens with one attached hydrogen (secondary N) is 1. The van der Waals surface area contributed by atoms with E-state index in [9.17, 15) is 4.79 Å². The van der Waals surface area contributed by atoms with Crippen molar-refractivity contribution >= 4 is 23.1 Å². The van der Waals surface area contributed by atoms with Gasteiger partial charge in [0.25, 0.3) is 0 Å². The molecule has 0 saturated carbocycles. The number of likely N-dealkylation sites (tertiary alicyclic amines) is 1. The maximum atomic E-state index is 11.0. The molecule has 0 aromatic carbocycles. The van der Waals surface area contributed by atoms with Crippen LogP contribution in [-0.2, 0) is 11.3 Å². The molecule has 0 aliphatic carbocycles. The lowest BCUT2D eigenvalue weighted by atomic mass is 10.3. The van der Waals surface area contributed by atoms with Gasteiger partial charge in [-0.1, -0.05) is 0 Å². The summed E-state index contributed by atoms with van der Waals surface area (Å²) in [5, 5.41) is 9.32. The summed E-state index contributed by atoms with van der Waals surface area (Å²) in [6.07, 6.45) is 3.06. The molecule has 2 aromatic heterocycles. The molecule has 1 saturated heterocycles. The minimum absolute atomic E-state index is 0.0820. The van der Waals surface area contributed by atoms with Crippen LogP contribution in [0.1, 0.15) is 29.8 Å². The van der Waals surface area contributed by atoms with Crippen LogP contribution in [0, 0.1) is 6.92 Å². The lowest BCUT2D eigenvalue weighted by Crippen LogP contribution is -2.21. The first-order chi connectivity index (χ1) is 10.1. The van der Waals surface area contributed by atoms with Crippen molar-refractivity contribution in [2.24, 2.45) is 0 Å². The van der Waals surface area contributed by atoms with Crippen molar-refractivity contribution in [1.29, 1.82) is 0 Å². The minimum atomic E-state index is -0.0820. The Bertz CT molecular complexity index is 633. The topological polar surface area (TPSA) is 50.2 Å². The molecule has 1 aliphatic heterocycles. The first-order valence-corrected chi connectivity index (χ1v) is 8.08. The molecule has 3 heterocycles. The van der Waals surface area contributed by atoms with Crippen molar-refractivity contribution < 1.29 is 4.79 Å². The van der Waals surface area contributed by atoms with E-state index in [0.717, 1.165) is 26.1 Å². The molecule has 112 valence electrons. The molecule has 1 N–H and O–H groups in total. The quantitative estimate of drug-likeness (QED) is 0.945. The Hall–Kier alpha value is -1.66. The van der Waals surface area contributed by atoms with Crippen molar-refractivity contribution in [1.82, 2.24) is 14.7 Å². The number of aromatic nitrogens is 2. The summed E-state index contributed by atoms with van der Waals surface area (Å²) >= 11 is 1.83. The van der Waals surface area contributed by atoms with E-state index in [4.69, 9.17) is 0 Å². The lowest BCUT2D eigenvalue weighted by Gasteiger charge is -2.15. The Morgan fingerprint density at radius 3 is 3.10 bits per heavy atom. The highest BCUT2D eigenvalue weighted by Crippen LogP contribution is 2.25. The Balaban J connectivity index is 1.60. The fourth-order valence-electron chi connectivity index (χ4n) is 2.73. The normalized spacial score (nSPS) is 19.0. The minimum Gasteiger partial charge on any atom is -0.309 e. The van der Waals surface area contributed by atoms with E-state index in [2.05, 4.69) is 33.7 Å². The standard InChI is InChI=1S/C15H20N4OS/c1-11-5-8-21-14(11)10-18-6-3-13(9-18)19-7-4-15(17-19)16-12(2)20/h4-5,7-8,13H,3,6,9-10H2,1-2H3,(H,16,17,20)/t13-/m1/s1. The van der Waals surface area contributed by atoms with Gasteiger partial charge in [0.2, 0.25) is 5.91 Å². The molecule has 1 amide bonds. The van der Waals surface area contributed by atoms with Crippen molar-refractivity contribution in [3.8, 4) is 0 Å². The third-order valence-electron chi connectivity index (χ3n) is 3.87. The molecule has 1 aliphatic rings. The van der Waals surface area contributed by atoms with Crippen LogP contribution >= 0.6 is 11.3 Å². The number of nitrogens with zero attached hydrogens (tertiary/aromatic N) is 3. The summed E-state index contributed by atoms with van der Waals surface area (Å²) in [6, 6.07) is 4.43. The van der Waals surface area contributed by atoms with Gasteiger partial charge >= 0.3 is 0 Å². The Morgan fingerprint density at radius 1 is 1.52 bits per heavy atom. The van der Waals surface area contributed by atoms with Gasteiger partial charge < -0.3 is 5.32 Å². The van der Waals surface area contributed by atoms with Crippen molar-refractivity contribution in [3.63, 3.8) is 0 Å². The van der Waals surface area contributed by atoms with Crippen LogP contribution in [0.25, 0.3) is 0 Å². The van der Waals surface area contributed by atoms with E-state index in [1.807, 2.05) is 28.3 Å². The Labute approximate surface area is 128 Å². The third-order valence-corrected chi connectivity index (χ3v) is 4.88. The molecular weight excluding hydrogens is 284 g/mol. The van der Waals surface area contributed by atoms with Crippen LogP contribution in [0.15, 0.2) is 23.7 Å². The van der Waals surface area contributed by atoms with E-state index >= 15 is 0 Å². The van der Waals surface area contributed by atoms with Gasteiger partial charge in [-0.3, -0.25) is 14.4 Å². The van der Waals surface area contributed by atoms with Crippen LogP contribution in [0.4, 0.5) is 5.82 Å². The van der Waals surface area contributed by atoms with Crippen LogP contribution in [0.2, 0.25) is 0 Å². The fraction of sp³-hybridized carbons (Fsp3) is 0.467. The molecule has 3 rings (SSSR count). The molecule has 0 spiro atoms. The molecule has 21 heavy (non-hydrogen) atoms. The highest BCUT2D eigenvalue weighted by atomic mass is 32.1. The van der Waals surface area contributed by atoms with E-state index in [-0.39, 0.29) is 5.91 Å².